The second-order valence-electron chi connectivity index (χ2n) is 9.27. The van der Waals surface area contributed by atoms with Gasteiger partial charge in [0.15, 0.2) is 0 Å². The van der Waals surface area contributed by atoms with Gasteiger partial charge in [0.1, 0.15) is 5.76 Å². The van der Waals surface area contributed by atoms with Crippen LogP contribution in [0, 0.1) is 6.92 Å². The zero-order chi connectivity index (χ0) is 27.8. The second kappa shape index (κ2) is 17.6. The van der Waals surface area contributed by atoms with Crippen molar-refractivity contribution in [1.29, 1.82) is 0 Å². The van der Waals surface area contributed by atoms with Crippen LogP contribution in [0.25, 0.3) is 5.57 Å². The molecule has 1 aliphatic rings. The Morgan fingerprint density at radius 1 is 1.14 bits per heavy atom. The van der Waals surface area contributed by atoms with Crippen LogP contribution in [0.5, 0.6) is 0 Å². The summed E-state index contributed by atoms with van der Waals surface area (Å²) in [6.07, 6.45) is 17.0. The van der Waals surface area contributed by atoms with E-state index in [0.29, 0.717) is 6.61 Å². The molecule has 2 rings (SSSR count). The minimum absolute atomic E-state index is 0.628. The molecule has 0 unspecified atom stereocenters. The maximum absolute atomic E-state index is 6.23. The Labute approximate surface area is 231 Å². The molecule has 0 aliphatic heterocycles. The third kappa shape index (κ3) is 11.0. The molecule has 0 fully saturated rings. The Balaban J connectivity index is 0.000000580. The van der Waals surface area contributed by atoms with Gasteiger partial charge >= 0.3 is 0 Å². The Morgan fingerprint density at radius 2 is 1.86 bits per heavy atom. The molecule has 200 valence electrons. The first-order valence-corrected chi connectivity index (χ1v) is 13.7. The Morgan fingerprint density at radius 3 is 2.46 bits per heavy atom. The highest BCUT2D eigenvalue weighted by Gasteiger charge is 2.19. The second-order valence-corrected chi connectivity index (χ2v) is 9.71. The van der Waals surface area contributed by atoms with E-state index in [1.54, 1.807) is 12.3 Å². The summed E-state index contributed by atoms with van der Waals surface area (Å²) in [7, 11) is 0. The third-order valence-electron chi connectivity index (χ3n) is 6.18. The van der Waals surface area contributed by atoms with E-state index in [2.05, 4.69) is 77.9 Å². The van der Waals surface area contributed by atoms with Gasteiger partial charge in [0, 0.05) is 23.0 Å². The Bertz CT molecular complexity index is 1100. The highest BCUT2D eigenvalue weighted by Crippen LogP contribution is 2.39. The lowest BCUT2D eigenvalue weighted by Gasteiger charge is -2.11. The smallest absolute Gasteiger partial charge is 0.123 e. The lowest BCUT2D eigenvalue weighted by atomic mass is 9.95. The maximum atomic E-state index is 6.23. The van der Waals surface area contributed by atoms with Crippen LogP contribution in [0.4, 0.5) is 0 Å². The minimum Gasteiger partial charge on any atom is -0.494 e. The SMILES string of the molecule is C=C(C=N/C=C(\C)C1=C(c2cc(Cl)ccc2C)CCC1)/C(=C\CC)OCC.C=C/C=C\C(CC)=C(C)C. The zero-order valence-electron chi connectivity index (χ0n) is 24.1. The Kier molecular flexibility index (Phi) is 15.3. The van der Waals surface area contributed by atoms with Crippen molar-refractivity contribution in [2.45, 2.75) is 80.6 Å². The predicted molar refractivity (Wildman–Crippen MR) is 166 cm³/mol. The van der Waals surface area contributed by atoms with E-state index in [1.165, 1.54) is 45.4 Å². The van der Waals surface area contributed by atoms with Gasteiger partial charge in [0.05, 0.1) is 6.61 Å². The number of halogens is 1. The summed E-state index contributed by atoms with van der Waals surface area (Å²) in [6.45, 7) is 23.1. The van der Waals surface area contributed by atoms with Crippen molar-refractivity contribution in [3.63, 3.8) is 0 Å². The number of allylic oxidation sites excluding steroid dienone is 10. The molecule has 0 saturated heterocycles. The highest BCUT2D eigenvalue weighted by atomic mass is 35.5. The summed E-state index contributed by atoms with van der Waals surface area (Å²) in [5.41, 5.74) is 10.1. The van der Waals surface area contributed by atoms with Crippen LogP contribution in [-0.4, -0.2) is 12.8 Å². The normalized spacial score (nSPS) is 14.2. The number of hydrogen-bond donors (Lipinski definition) is 0. The Hall–Kier alpha value is -2.84. The van der Waals surface area contributed by atoms with E-state index in [9.17, 15) is 0 Å². The van der Waals surface area contributed by atoms with Crippen LogP contribution < -0.4 is 0 Å². The third-order valence-corrected chi connectivity index (χ3v) is 6.41. The fourth-order valence-corrected chi connectivity index (χ4v) is 4.39. The zero-order valence-corrected chi connectivity index (χ0v) is 24.8. The van der Waals surface area contributed by atoms with Crippen molar-refractivity contribution in [2.24, 2.45) is 4.99 Å². The van der Waals surface area contributed by atoms with Crippen molar-refractivity contribution < 1.29 is 4.74 Å². The monoisotopic (exact) mass is 519 g/mol. The summed E-state index contributed by atoms with van der Waals surface area (Å²) in [5, 5.41) is 0.788. The largest absolute Gasteiger partial charge is 0.494 e. The van der Waals surface area contributed by atoms with Gasteiger partial charge in [0.2, 0.25) is 0 Å². The highest BCUT2D eigenvalue weighted by molar-refractivity contribution is 6.30. The molecular formula is C34H46ClNO. The van der Waals surface area contributed by atoms with Gasteiger partial charge in [-0.1, -0.05) is 68.5 Å². The molecule has 0 bridgehead atoms. The minimum atomic E-state index is 0.628. The summed E-state index contributed by atoms with van der Waals surface area (Å²) in [6, 6.07) is 6.13. The van der Waals surface area contributed by atoms with Crippen LogP contribution in [-0.2, 0) is 4.74 Å². The van der Waals surface area contributed by atoms with Gasteiger partial charge in [-0.2, -0.15) is 0 Å². The quantitative estimate of drug-likeness (QED) is 0.162. The molecule has 0 radical (unpaired) electrons. The summed E-state index contributed by atoms with van der Waals surface area (Å²) >= 11 is 6.23. The average Bonchev–Trinajstić information content (AvgIpc) is 3.36. The standard InChI is InChI=1S/C24H30ClNO.C10H16/c1-6-9-24(27-7-2)19(5)16-26-15-18(4)21-10-8-11-22(21)23-14-20(25)13-12-17(23)3;1-5-7-8-10(6-2)9(3)4/h9,12-16H,5-8,10-11H2,1-4H3;5,7-8H,1,6H2,2-4H3/b18-15+,24-9+,26-16?;8-7-. The topological polar surface area (TPSA) is 21.6 Å². The predicted octanol–water partition coefficient (Wildman–Crippen LogP) is 10.9. The van der Waals surface area contributed by atoms with Crippen LogP contribution >= 0.6 is 11.6 Å². The number of hydrogen-bond acceptors (Lipinski definition) is 2. The van der Waals surface area contributed by atoms with Gasteiger partial charge < -0.3 is 4.74 Å². The molecule has 0 spiro atoms. The number of nitrogens with zero attached hydrogens (tertiary/aromatic N) is 1. The van der Waals surface area contributed by atoms with Gasteiger partial charge in [-0.3, -0.25) is 4.99 Å². The fraction of sp³-hybridized carbons (Fsp3) is 0.382. The van der Waals surface area contributed by atoms with E-state index in [1.807, 2.05) is 31.3 Å². The molecule has 1 aliphatic carbocycles. The summed E-state index contributed by atoms with van der Waals surface area (Å²) in [4.78, 5) is 4.50. The molecule has 0 amide bonds. The number of ether oxygens (including phenoxy) is 1. The lowest BCUT2D eigenvalue weighted by Crippen LogP contribution is -1.96. The first kappa shape index (κ1) is 32.2. The van der Waals surface area contributed by atoms with E-state index in [4.69, 9.17) is 16.3 Å². The molecule has 37 heavy (non-hydrogen) atoms. The number of aryl methyl sites for hydroxylation is 1. The molecule has 0 N–H and O–H groups in total. The number of aliphatic imine (C=N–C) groups is 1. The maximum Gasteiger partial charge on any atom is 0.123 e. The van der Waals surface area contributed by atoms with Crippen LogP contribution in [0.2, 0.25) is 5.02 Å². The fourth-order valence-electron chi connectivity index (χ4n) is 4.22. The van der Waals surface area contributed by atoms with E-state index < -0.39 is 0 Å². The first-order chi connectivity index (χ1) is 17.7. The van der Waals surface area contributed by atoms with E-state index in [0.717, 1.165) is 42.0 Å². The van der Waals surface area contributed by atoms with E-state index in [-0.39, 0.29) is 0 Å². The van der Waals surface area contributed by atoms with Gasteiger partial charge in [0.25, 0.3) is 0 Å². The molecular weight excluding hydrogens is 474 g/mol. The molecule has 0 atom stereocenters. The number of benzene rings is 1. The average molecular weight is 520 g/mol. The van der Waals surface area contributed by atoms with Gasteiger partial charge in [-0.15, -0.1) is 0 Å². The first-order valence-electron chi connectivity index (χ1n) is 13.4. The molecule has 0 aromatic heterocycles. The van der Waals surface area contributed by atoms with Crippen molar-refractivity contribution in [2.75, 3.05) is 6.61 Å². The van der Waals surface area contributed by atoms with Crippen LogP contribution in [0.3, 0.4) is 0 Å². The van der Waals surface area contributed by atoms with Crippen molar-refractivity contribution >= 4 is 23.4 Å². The van der Waals surface area contributed by atoms with Crippen LogP contribution in [0.15, 0.2) is 100 Å². The van der Waals surface area contributed by atoms with Crippen molar-refractivity contribution in [3.8, 4) is 0 Å². The molecule has 1 aromatic rings. The molecule has 0 heterocycles. The van der Waals surface area contributed by atoms with E-state index >= 15 is 0 Å². The van der Waals surface area contributed by atoms with Gasteiger partial charge in [-0.25, -0.2) is 0 Å². The van der Waals surface area contributed by atoms with Crippen molar-refractivity contribution in [1.82, 2.24) is 0 Å². The number of rotatable bonds is 11. The van der Waals surface area contributed by atoms with Gasteiger partial charge in [-0.05, 0) is 118 Å². The van der Waals surface area contributed by atoms with Crippen molar-refractivity contribution in [3.05, 3.63) is 112 Å². The molecule has 2 nitrogen and oxygen atoms in total. The molecule has 0 saturated carbocycles. The lowest BCUT2D eigenvalue weighted by molar-refractivity contribution is 0.239. The summed E-state index contributed by atoms with van der Waals surface area (Å²) in [5.74, 6) is 0.810. The summed E-state index contributed by atoms with van der Waals surface area (Å²) < 4.78 is 5.63. The molecule has 1 aromatic carbocycles. The molecule has 3 heteroatoms. The van der Waals surface area contributed by atoms with Crippen LogP contribution in [0.1, 0.15) is 84.8 Å².